The Labute approximate surface area is 115 Å². The molecule has 0 aliphatic heterocycles. The van der Waals surface area contributed by atoms with Gasteiger partial charge in [-0.3, -0.25) is 0 Å². The third-order valence-electron chi connectivity index (χ3n) is 2.69. The van der Waals surface area contributed by atoms with Crippen molar-refractivity contribution in [3.8, 4) is 17.4 Å². The van der Waals surface area contributed by atoms with Gasteiger partial charge < -0.3 is 9.15 Å². The second-order valence-electron chi connectivity index (χ2n) is 3.85. The Balaban J connectivity index is 2.63. The van der Waals surface area contributed by atoms with Crippen LogP contribution in [0.15, 0.2) is 28.7 Å². The third-order valence-corrected chi connectivity index (χ3v) is 2.94. The van der Waals surface area contributed by atoms with Crippen LogP contribution >= 0.6 is 11.6 Å². The number of aryl methyl sites for hydroxylation is 1. The maximum atomic E-state index is 11.7. The van der Waals surface area contributed by atoms with E-state index in [-0.39, 0.29) is 11.1 Å². The van der Waals surface area contributed by atoms with E-state index in [4.69, 9.17) is 16.0 Å². The van der Waals surface area contributed by atoms with E-state index in [0.29, 0.717) is 22.1 Å². The summed E-state index contributed by atoms with van der Waals surface area (Å²) in [6.07, 6.45) is 0. The summed E-state index contributed by atoms with van der Waals surface area (Å²) in [6.45, 7) is 1.62. The molecule has 0 saturated carbocycles. The SMILES string of the molecule is COC(=O)c1c(C)oc(-c2ccc(Cl)cc2)c1C#N. The number of halogens is 1. The molecule has 1 aromatic heterocycles. The minimum Gasteiger partial charge on any atom is -0.465 e. The van der Waals surface area contributed by atoms with Crippen LogP contribution < -0.4 is 0 Å². The van der Waals surface area contributed by atoms with Gasteiger partial charge in [0.05, 0.1) is 7.11 Å². The summed E-state index contributed by atoms with van der Waals surface area (Å²) >= 11 is 5.81. The topological polar surface area (TPSA) is 63.2 Å². The van der Waals surface area contributed by atoms with E-state index in [1.807, 2.05) is 6.07 Å². The van der Waals surface area contributed by atoms with E-state index in [1.54, 1.807) is 31.2 Å². The van der Waals surface area contributed by atoms with Crippen LogP contribution in [0.25, 0.3) is 11.3 Å². The normalized spacial score (nSPS) is 10.0. The number of rotatable bonds is 2. The molecule has 0 atom stereocenters. The molecule has 0 bridgehead atoms. The quantitative estimate of drug-likeness (QED) is 0.786. The molecule has 0 fully saturated rings. The number of methoxy groups -OCH3 is 1. The number of hydrogen-bond donors (Lipinski definition) is 0. The molecule has 2 aromatic rings. The second-order valence-corrected chi connectivity index (χ2v) is 4.28. The van der Waals surface area contributed by atoms with Gasteiger partial charge in [-0.05, 0) is 31.2 Å². The Hall–Kier alpha value is -2.25. The number of benzene rings is 1. The van der Waals surface area contributed by atoms with Gasteiger partial charge in [-0.25, -0.2) is 4.79 Å². The number of esters is 1. The Morgan fingerprint density at radius 3 is 2.53 bits per heavy atom. The Morgan fingerprint density at radius 1 is 1.37 bits per heavy atom. The molecular formula is C14H10ClNO3. The predicted molar refractivity (Wildman–Crippen MR) is 69.9 cm³/mol. The fourth-order valence-corrected chi connectivity index (χ4v) is 1.93. The van der Waals surface area contributed by atoms with Crippen molar-refractivity contribution in [3.05, 3.63) is 46.2 Å². The maximum absolute atomic E-state index is 11.7. The molecule has 0 amide bonds. The first-order chi connectivity index (χ1) is 9.08. The lowest BCUT2D eigenvalue weighted by Crippen LogP contribution is -2.03. The minimum absolute atomic E-state index is 0.162. The van der Waals surface area contributed by atoms with Crippen molar-refractivity contribution >= 4 is 17.6 Å². The predicted octanol–water partition coefficient (Wildman–Crippen LogP) is 3.57. The van der Waals surface area contributed by atoms with Gasteiger partial charge in [0.25, 0.3) is 0 Å². The average molecular weight is 276 g/mol. The van der Waals surface area contributed by atoms with Crippen molar-refractivity contribution in [1.82, 2.24) is 0 Å². The van der Waals surface area contributed by atoms with E-state index < -0.39 is 5.97 Å². The van der Waals surface area contributed by atoms with E-state index >= 15 is 0 Å². The third kappa shape index (κ3) is 2.33. The van der Waals surface area contributed by atoms with E-state index in [2.05, 4.69) is 4.74 Å². The van der Waals surface area contributed by atoms with Crippen molar-refractivity contribution in [2.75, 3.05) is 7.11 Å². The number of nitrogens with zero attached hydrogens (tertiary/aromatic N) is 1. The first kappa shape index (κ1) is 13.2. The molecule has 0 aliphatic carbocycles. The highest BCUT2D eigenvalue weighted by Gasteiger charge is 2.24. The van der Waals surface area contributed by atoms with Crippen LogP contribution in [-0.2, 0) is 4.74 Å². The molecule has 19 heavy (non-hydrogen) atoms. The van der Waals surface area contributed by atoms with E-state index in [1.165, 1.54) is 7.11 Å². The molecule has 0 N–H and O–H groups in total. The number of hydrogen-bond acceptors (Lipinski definition) is 4. The number of carbonyl (C=O) groups excluding carboxylic acids is 1. The van der Waals surface area contributed by atoms with Crippen LogP contribution in [0.4, 0.5) is 0 Å². The summed E-state index contributed by atoms with van der Waals surface area (Å²) in [5, 5.41) is 9.81. The zero-order valence-electron chi connectivity index (χ0n) is 10.4. The van der Waals surface area contributed by atoms with Crippen molar-refractivity contribution in [2.24, 2.45) is 0 Å². The van der Waals surface area contributed by atoms with Crippen molar-refractivity contribution in [3.63, 3.8) is 0 Å². The lowest BCUT2D eigenvalue weighted by atomic mass is 10.1. The van der Waals surface area contributed by atoms with Gasteiger partial charge in [0.2, 0.25) is 0 Å². The van der Waals surface area contributed by atoms with Gasteiger partial charge in [0, 0.05) is 10.6 Å². The van der Waals surface area contributed by atoms with Crippen LogP contribution in [0, 0.1) is 18.3 Å². The summed E-state index contributed by atoms with van der Waals surface area (Å²) in [5.41, 5.74) is 1.01. The maximum Gasteiger partial charge on any atom is 0.342 e. The first-order valence-corrected chi connectivity index (χ1v) is 5.84. The Bertz CT molecular complexity index is 665. The van der Waals surface area contributed by atoms with Gasteiger partial charge >= 0.3 is 5.97 Å². The Kier molecular flexibility index (Phi) is 3.59. The molecule has 0 saturated heterocycles. The zero-order valence-corrected chi connectivity index (χ0v) is 11.1. The van der Waals surface area contributed by atoms with Crippen LogP contribution in [0.3, 0.4) is 0 Å². The van der Waals surface area contributed by atoms with Gasteiger partial charge in [-0.1, -0.05) is 11.6 Å². The van der Waals surface area contributed by atoms with Crippen molar-refractivity contribution in [2.45, 2.75) is 6.92 Å². The molecule has 5 heteroatoms. The van der Waals surface area contributed by atoms with E-state index in [0.717, 1.165) is 0 Å². The number of nitriles is 1. The fraction of sp³-hybridized carbons (Fsp3) is 0.143. The molecule has 1 aromatic carbocycles. The number of furan rings is 1. The van der Waals surface area contributed by atoms with Crippen LogP contribution in [-0.4, -0.2) is 13.1 Å². The highest BCUT2D eigenvalue weighted by molar-refractivity contribution is 6.30. The van der Waals surface area contributed by atoms with Crippen LogP contribution in [0.2, 0.25) is 5.02 Å². The van der Waals surface area contributed by atoms with E-state index in [9.17, 15) is 10.1 Å². The van der Waals surface area contributed by atoms with Gasteiger partial charge in [0.1, 0.15) is 23.0 Å². The summed E-state index contributed by atoms with van der Waals surface area (Å²) in [7, 11) is 1.26. The largest absolute Gasteiger partial charge is 0.465 e. The second kappa shape index (κ2) is 5.17. The highest BCUT2D eigenvalue weighted by Crippen LogP contribution is 2.31. The smallest absolute Gasteiger partial charge is 0.342 e. The summed E-state index contributed by atoms with van der Waals surface area (Å²) in [5.74, 6) is 0.114. The Morgan fingerprint density at radius 2 is 2.00 bits per heavy atom. The molecule has 4 nitrogen and oxygen atoms in total. The minimum atomic E-state index is -0.585. The van der Waals surface area contributed by atoms with Gasteiger partial charge in [0.15, 0.2) is 5.76 Å². The van der Waals surface area contributed by atoms with Crippen LogP contribution in [0.5, 0.6) is 0 Å². The first-order valence-electron chi connectivity index (χ1n) is 5.46. The lowest BCUT2D eigenvalue weighted by molar-refractivity contribution is 0.0598. The number of ether oxygens (including phenoxy) is 1. The fourth-order valence-electron chi connectivity index (χ4n) is 1.80. The monoisotopic (exact) mass is 275 g/mol. The average Bonchev–Trinajstić information content (AvgIpc) is 2.75. The highest BCUT2D eigenvalue weighted by atomic mass is 35.5. The summed E-state index contributed by atoms with van der Waals surface area (Å²) in [4.78, 5) is 11.7. The lowest BCUT2D eigenvalue weighted by Gasteiger charge is -1.98. The molecule has 0 spiro atoms. The van der Waals surface area contributed by atoms with Crippen molar-refractivity contribution in [1.29, 1.82) is 5.26 Å². The summed E-state index contributed by atoms with van der Waals surface area (Å²) < 4.78 is 10.2. The van der Waals surface area contributed by atoms with Crippen LogP contribution in [0.1, 0.15) is 21.7 Å². The molecule has 1 heterocycles. The standard InChI is InChI=1S/C14H10ClNO3/c1-8-12(14(17)18-2)11(7-16)13(19-8)9-3-5-10(15)6-4-9/h3-6H,1-2H3. The van der Waals surface area contributed by atoms with Crippen molar-refractivity contribution < 1.29 is 13.9 Å². The van der Waals surface area contributed by atoms with Gasteiger partial charge in [-0.2, -0.15) is 5.26 Å². The number of carbonyl (C=O) groups is 1. The molecule has 0 unspecified atom stereocenters. The van der Waals surface area contributed by atoms with Gasteiger partial charge in [-0.15, -0.1) is 0 Å². The zero-order chi connectivity index (χ0) is 14.0. The molecular weight excluding hydrogens is 266 g/mol. The molecule has 2 rings (SSSR count). The molecule has 96 valence electrons. The molecule has 0 aliphatic rings. The summed E-state index contributed by atoms with van der Waals surface area (Å²) in [6, 6.07) is 8.81. The molecule has 0 radical (unpaired) electrons.